The third-order valence-corrected chi connectivity index (χ3v) is 3.44. The molecular formula is C15H17FN4. The van der Waals surface area contributed by atoms with E-state index in [0.29, 0.717) is 11.4 Å². The highest BCUT2D eigenvalue weighted by molar-refractivity contribution is 5.59. The van der Waals surface area contributed by atoms with Crippen LogP contribution >= 0.6 is 0 Å². The molecule has 0 radical (unpaired) electrons. The summed E-state index contributed by atoms with van der Waals surface area (Å²) in [5, 5.41) is 3.30. The number of hydrogen-bond donors (Lipinski definition) is 1. The normalized spacial score (nSPS) is 15.4. The van der Waals surface area contributed by atoms with Crippen LogP contribution in [0.15, 0.2) is 30.5 Å². The van der Waals surface area contributed by atoms with Gasteiger partial charge >= 0.3 is 0 Å². The van der Waals surface area contributed by atoms with E-state index in [1.807, 2.05) is 13.0 Å². The van der Waals surface area contributed by atoms with Gasteiger partial charge in [-0.1, -0.05) is 11.6 Å². The Morgan fingerprint density at radius 1 is 1.20 bits per heavy atom. The van der Waals surface area contributed by atoms with Crippen LogP contribution in [-0.2, 0) is 0 Å². The van der Waals surface area contributed by atoms with Crippen molar-refractivity contribution in [2.75, 3.05) is 31.1 Å². The van der Waals surface area contributed by atoms with Crippen molar-refractivity contribution in [3.05, 3.63) is 41.8 Å². The number of nitrogens with zero attached hydrogens (tertiary/aromatic N) is 3. The van der Waals surface area contributed by atoms with Crippen molar-refractivity contribution in [1.29, 1.82) is 0 Å². The number of benzene rings is 1. The highest BCUT2D eigenvalue weighted by Gasteiger charge is 2.14. The Balaban J connectivity index is 1.96. The molecule has 1 fully saturated rings. The van der Waals surface area contributed by atoms with Crippen LogP contribution in [-0.4, -0.2) is 36.1 Å². The molecule has 0 spiro atoms. The topological polar surface area (TPSA) is 41.1 Å². The minimum Gasteiger partial charge on any atom is -0.354 e. The zero-order chi connectivity index (χ0) is 13.9. The molecule has 1 N–H and O–H groups in total. The first-order valence-corrected chi connectivity index (χ1v) is 6.79. The number of halogens is 1. The number of nitrogens with one attached hydrogen (secondary N) is 1. The van der Waals surface area contributed by atoms with Crippen LogP contribution < -0.4 is 10.2 Å². The lowest BCUT2D eigenvalue weighted by atomic mass is 10.1. The first-order valence-electron chi connectivity index (χ1n) is 6.79. The van der Waals surface area contributed by atoms with E-state index in [0.717, 1.165) is 37.6 Å². The molecule has 1 saturated heterocycles. The molecule has 4 nitrogen and oxygen atoms in total. The van der Waals surface area contributed by atoms with Crippen LogP contribution in [0.3, 0.4) is 0 Å². The zero-order valence-electron chi connectivity index (χ0n) is 11.4. The Morgan fingerprint density at radius 3 is 2.80 bits per heavy atom. The number of aromatic nitrogens is 2. The second kappa shape index (κ2) is 5.54. The van der Waals surface area contributed by atoms with E-state index in [9.17, 15) is 4.39 Å². The van der Waals surface area contributed by atoms with Gasteiger partial charge in [0.05, 0.1) is 5.56 Å². The van der Waals surface area contributed by atoms with Crippen molar-refractivity contribution in [2.24, 2.45) is 0 Å². The van der Waals surface area contributed by atoms with Crippen LogP contribution in [0.2, 0.25) is 0 Å². The lowest BCUT2D eigenvalue weighted by Gasteiger charge is -2.28. The minimum atomic E-state index is -0.284. The molecule has 104 valence electrons. The molecule has 0 aliphatic carbocycles. The first-order chi connectivity index (χ1) is 9.74. The summed E-state index contributed by atoms with van der Waals surface area (Å²) in [6, 6.07) is 6.87. The molecule has 0 atom stereocenters. The van der Waals surface area contributed by atoms with E-state index < -0.39 is 0 Å². The maximum absolute atomic E-state index is 13.9. The number of hydrogen-bond acceptors (Lipinski definition) is 4. The van der Waals surface area contributed by atoms with Gasteiger partial charge < -0.3 is 10.2 Å². The zero-order valence-corrected chi connectivity index (χ0v) is 11.4. The number of rotatable bonds is 2. The van der Waals surface area contributed by atoms with Crippen LogP contribution in [0.1, 0.15) is 5.56 Å². The molecule has 1 aromatic carbocycles. The van der Waals surface area contributed by atoms with Gasteiger partial charge in [-0.3, -0.25) is 0 Å². The van der Waals surface area contributed by atoms with Crippen LogP contribution in [0.5, 0.6) is 0 Å². The second-order valence-corrected chi connectivity index (χ2v) is 4.96. The molecule has 2 heterocycles. The SMILES string of the molecule is Cc1ccc(F)c(-c2nccc(N3CCNCC3)n2)c1. The molecule has 3 rings (SSSR count). The number of aryl methyl sites for hydroxylation is 1. The molecule has 0 bridgehead atoms. The van der Waals surface area contributed by atoms with Gasteiger partial charge in [-0.2, -0.15) is 0 Å². The van der Waals surface area contributed by atoms with Gasteiger partial charge in [-0.15, -0.1) is 0 Å². The maximum atomic E-state index is 13.9. The molecule has 1 aliphatic heterocycles. The largest absolute Gasteiger partial charge is 0.354 e. The van der Waals surface area contributed by atoms with Gasteiger partial charge in [0, 0.05) is 32.4 Å². The van der Waals surface area contributed by atoms with E-state index in [1.165, 1.54) is 6.07 Å². The summed E-state index contributed by atoms with van der Waals surface area (Å²) >= 11 is 0. The van der Waals surface area contributed by atoms with Gasteiger partial charge in [-0.05, 0) is 25.1 Å². The van der Waals surface area contributed by atoms with Crippen molar-refractivity contribution in [3.8, 4) is 11.4 Å². The highest BCUT2D eigenvalue weighted by atomic mass is 19.1. The predicted octanol–water partition coefficient (Wildman–Crippen LogP) is 2.00. The summed E-state index contributed by atoms with van der Waals surface area (Å²) < 4.78 is 13.9. The highest BCUT2D eigenvalue weighted by Crippen LogP contribution is 2.22. The summed E-state index contributed by atoms with van der Waals surface area (Å²) in [7, 11) is 0. The lowest BCUT2D eigenvalue weighted by molar-refractivity contribution is 0.584. The molecule has 2 aromatic rings. The predicted molar refractivity (Wildman–Crippen MR) is 77.2 cm³/mol. The summed E-state index contributed by atoms with van der Waals surface area (Å²) in [5.74, 6) is 1.02. The third-order valence-electron chi connectivity index (χ3n) is 3.44. The van der Waals surface area contributed by atoms with Crippen LogP contribution in [0.4, 0.5) is 10.2 Å². The maximum Gasteiger partial charge on any atom is 0.164 e. The van der Waals surface area contributed by atoms with E-state index in [-0.39, 0.29) is 5.82 Å². The molecule has 0 unspecified atom stereocenters. The Labute approximate surface area is 117 Å². The van der Waals surface area contributed by atoms with E-state index >= 15 is 0 Å². The van der Waals surface area contributed by atoms with E-state index in [4.69, 9.17) is 0 Å². The molecule has 0 amide bonds. The lowest BCUT2D eigenvalue weighted by Crippen LogP contribution is -2.43. The molecule has 20 heavy (non-hydrogen) atoms. The summed E-state index contributed by atoms with van der Waals surface area (Å²) in [6.07, 6.45) is 1.70. The molecule has 5 heteroatoms. The molecule has 1 aliphatic rings. The quantitative estimate of drug-likeness (QED) is 0.908. The monoisotopic (exact) mass is 272 g/mol. The van der Waals surface area contributed by atoms with Crippen LogP contribution in [0, 0.1) is 12.7 Å². The summed E-state index contributed by atoms with van der Waals surface area (Å²) in [6.45, 7) is 5.64. The van der Waals surface area contributed by atoms with Gasteiger partial charge in [0.2, 0.25) is 0 Å². The van der Waals surface area contributed by atoms with Gasteiger partial charge in [0.1, 0.15) is 11.6 Å². The van der Waals surface area contributed by atoms with Crippen LogP contribution in [0.25, 0.3) is 11.4 Å². The van der Waals surface area contributed by atoms with Gasteiger partial charge in [-0.25, -0.2) is 14.4 Å². The first kappa shape index (κ1) is 13.0. The van der Waals surface area contributed by atoms with E-state index in [2.05, 4.69) is 20.2 Å². The van der Waals surface area contributed by atoms with Crippen molar-refractivity contribution in [2.45, 2.75) is 6.92 Å². The second-order valence-electron chi connectivity index (χ2n) is 4.96. The molecule has 1 aromatic heterocycles. The fourth-order valence-corrected chi connectivity index (χ4v) is 2.36. The van der Waals surface area contributed by atoms with E-state index in [1.54, 1.807) is 18.3 Å². The Kier molecular flexibility index (Phi) is 3.60. The van der Waals surface area contributed by atoms with Gasteiger partial charge in [0.25, 0.3) is 0 Å². The number of anilines is 1. The summed E-state index contributed by atoms with van der Waals surface area (Å²) in [5.41, 5.74) is 1.46. The average molecular weight is 272 g/mol. The summed E-state index contributed by atoms with van der Waals surface area (Å²) in [4.78, 5) is 10.9. The Hall–Kier alpha value is -2.01. The molecular weight excluding hydrogens is 255 g/mol. The molecule has 0 saturated carbocycles. The van der Waals surface area contributed by atoms with Crippen molar-refractivity contribution in [3.63, 3.8) is 0 Å². The van der Waals surface area contributed by atoms with Crippen molar-refractivity contribution >= 4 is 5.82 Å². The van der Waals surface area contributed by atoms with Gasteiger partial charge in [0.15, 0.2) is 5.82 Å². The Morgan fingerprint density at radius 2 is 2.00 bits per heavy atom. The smallest absolute Gasteiger partial charge is 0.164 e. The van der Waals surface area contributed by atoms with Crippen molar-refractivity contribution < 1.29 is 4.39 Å². The Bertz CT molecular complexity index is 609. The van der Waals surface area contributed by atoms with Crippen molar-refractivity contribution in [1.82, 2.24) is 15.3 Å². The fraction of sp³-hybridized carbons (Fsp3) is 0.333. The minimum absolute atomic E-state index is 0.284. The number of piperazine rings is 1. The average Bonchev–Trinajstić information content (AvgIpc) is 2.51. The standard InChI is InChI=1S/C15H17FN4/c1-11-2-3-13(16)12(10-11)15-18-5-4-14(19-15)20-8-6-17-7-9-20/h2-5,10,17H,6-9H2,1H3. The fourth-order valence-electron chi connectivity index (χ4n) is 2.36. The third kappa shape index (κ3) is 2.63.